The topological polar surface area (TPSA) is 60.8 Å². The lowest BCUT2D eigenvalue weighted by atomic mass is 10.2. The van der Waals surface area contributed by atoms with Crippen LogP contribution in [-0.2, 0) is 0 Å². The van der Waals surface area contributed by atoms with Gasteiger partial charge >= 0.3 is 0 Å². The van der Waals surface area contributed by atoms with Crippen molar-refractivity contribution in [3.63, 3.8) is 0 Å². The van der Waals surface area contributed by atoms with Crippen molar-refractivity contribution in [1.29, 1.82) is 0 Å². The summed E-state index contributed by atoms with van der Waals surface area (Å²) in [7, 11) is 1.88. The molecule has 4 nitrogen and oxygen atoms in total. The maximum atomic E-state index is 8.04. The first kappa shape index (κ1) is 11.0. The van der Waals surface area contributed by atoms with Crippen LogP contribution in [0.1, 0.15) is 12.0 Å². The van der Waals surface area contributed by atoms with Crippen molar-refractivity contribution in [1.82, 2.24) is 0 Å². The van der Waals surface area contributed by atoms with Crippen LogP contribution in [0.25, 0.3) is 10.4 Å². The fraction of sp³-hybridized carbons (Fsp3) is 0.273. The number of hydrogen-bond acceptors (Lipinski definition) is 2. The molecule has 0 aliphatic rings. The SMILES string of the molecule is CNc1ccc(C#CCCN=[N+]=[N-])cc1. The molecule has 4 heteroatoms. The molecule has 0 aromatic heterocycles. The van der Waals surface area contributed by atoms with Crippen molar-refractivity contribution in [2.24, 2.45) is 5.11 Å². The quantitative estimate of drug-likeness (QED) is 0.263. The van der Waals surface area contributed by atoms with Crippen LogP contribution in [-0.4, -0.2) is 13.6 Å². The van der Waals surface area contributed by atoms with Crippen molar-refractivity contribution < 1.29 is 0 Å². The van der Waals surface area contributed by atoms with Gasteiger partial charge in [-0.1, -0.05) is 17.0 Å². The summed E-state index contributed by atoms with van der Waals surface area (Å²) in [5.74, 6) is 5.93. The molecule has 0 atom stereocenters. The molecule has 0 aliphatic carbocycles. The summed E-state index contributed by atoms with van der Waals surface area (Å²) in [6.07, 6.45) is 0.595. The van der Waals surface area contributed by atoms with Gasteiger partial charge in [-0.05, 0) is 29.8 Å². The summed E-state index contributed by atoms with van der Waals surface area (Å²) in [6.45, 7) is 0.429. The van der Waals surface area contributed by atoms with Crippen molar-refractivity contribution in [2.45, 2.75) is 6.42 Å². The Morgan fingerprint density at radius 2 is 2.13 bits per heavy atom. The Balaban J connectivity index is 2.52. The van der Waals surface area contributed by atoms with Crippen LogP contribution in [0.2, 0.25) is 0 Å². The van der Waals surface area contributed by atoms with Gasteiger partial charge in [-0.2, -0.15) is 0 Å². The first-order chi connectivity index (χ1) is 7.36. The lowest BCUT2D eigenvalue weighted by molar-refractivity contribution is 1.01. The minimum Gasteiger partial charge on any atom is -0.388 e. The van der Waals surface area contributed by atoms with E-state index < -0.39 is 0 Å². The third-order valence-corrected chi connectivity index (χ3v) is 1.81. The highest BCUT2D eigenvalue weighted by molar-refractivity contribution is 5.47. The van der Waals surface area contributed by atoms with Gasteiger partial charge in [0.05, 0.1) is 0 Å². The second kappa shape index (κ2) is 6.36. The summed E-state index contributed by atoms with van der Waals surface area (Å²) < 4.78 is 0. The third kappa shape index (κ3) is 4.08. The number of nitrogens with one attached hydrogen (secondary N) is 1. The normalized spacial score (nSPS) is 8.33. The molecule has 15 heavy (non-hydrogen) atoms. The molecular formula is C11H12N4. The van der Waals surface area contributed by atoms with Crippen molar-refractivity contribution in [3.05, 3.63) is 40.3 Å². The minimum absolute atomic E-state index is 0.429. The van der Waals surface area contributed by atoms with Gasteiger partial charge < -0.3 is 5.32 Å². The Hall–Kier alpha value is -2.11. The van der Waals surface area contributed by atoms with Crippen LogP contribution in [0.4, 0.5) is 5.69 Å². The van der Waals surface area contributed by atoms with Gasteiger partial charge in [0, 0.05) is 36.2 Å². The maximum Gasteiger partial charge on any atom is 0.0367 e. The summed E-state index contributed by atoms with van der Waals surface area (Å²) >= 11 is 0. The highest BCUT2D eigenvalue weighted by atomic mass is 15.1. The van der Waals surface area contributed by atoms with E-state index in [4.69, 9.17) is 5.53 Å². The lowest BCUT2D eigenvalue weighted by Crippen LogP contribution is -1.86. The van der Waals surface area contributed by atoms with Gasteiger partial charge in [0.25, 0.3) is 0 Å². The minimum atomic E-state index is 0.429. The molecular weight excluding hydrogens is 188 g/mol. The van der Waals surface area contributed by atoms with Gasteiger partial charge in [-0.15, -0.1) is 0 Å². The van der Waals surface area contributed by atoms with E-state index in [-0.39, 0.29) is 0 Å². The summed E-state index contributed by atoms with van der Waals surface area (Å²) in [5, 5.41) is 6.43. The second-order valence-corrected chi connectivity index (χ2v) is 2.83. The molecule has 0 saturated heterocycles. The molecule has 0 radical (unpaired) electrons. The molecule has 1 N–H and O–H groups in total. The van der Waals surface area contributed by atoms with Crippen molar-refractivity contribution in [3.8, 4) is 11.8 Å². The predicted octanol–water partition coefficient (Wildman–Crippen LogP) is 2.78. The fourth-order valence-corrected chi connectivity index (χ4v) is 1.04. The monoisotopic (exact) mass is 200 g/mol. The number of azide groups is 1. The fourth-order valence-electron chi connectivity index (χ4n) is 1.04. The Labute approximate surface area is 88.9 Å². The van der Waals surface area contributed by atoms with Gasteiger partial charge in [0.1, 0.15) is 0 Å². The van der Waals surface area contributed by atoms with E-state index in [0.29, 0.717) is 13.0 Å². The van der Waals surface area contributed by atoms with E-state index in [2.05, 4.69) is 27.2 Å². The van der Waals surface area contributed by atoms with Gasteiger partial charge in [0.15, 0.2) is 0 Å². The largest absolute Gasteiger partial charge is 0.388 e. The zero-order valence-electron chi connectivity index (χ0n) is 8.57. The Kier molecular flexibility index (Phi) is 4.65. The number of nitrogens with zero attached hydrogens (tertiary/aromatic N) is 3. The number of benzene rings is 1. The smallest absolute Gasteiger partial charge is 0.0367 e. The van der Waals surface area contributed by atoms with Crippen LogP contribution in [0.3, 0.4) is 0 Å². The average molecular weight is 200 g/mol. The first-order valence-corrected chi connectivity index (χ1v) is 4.64. The molecule has 0 heterocycles. The Bertz CT molecular complexity index is 404. The van der Waals surface area contributed by atoms with Crippen LogP contribution in [0.15, 0.2) is 29.4 Å². The molecule has 76 valence electrons. The zero-order chi connectivity index (χ0) is 10.9. The van der Waals surface area contributed by atoms with Gasteiger partial charge in [-0.3, -0.25) is 0 Å². The third-order valence-electron chi connectivity index (χ3n) is 1.81. The molecule has 0 saturated carbocycles. The van der Waals surface area contributed by atoms with E-state index in [0.717, 1.165) is 11.3 Å². The van der Waals surface area contributed by atoms with E-state index in [1.807, 2.05) is 31.3 Å². The maximum absolute atomic E-state index is 8.04. The Morgan fingerprint density at radius 1 is 1.40 bits per heavy atom. The van der Waals surface area contributed by atoms with Crippen LogP contribution in [0.5, 0.6) is 0 Å². The summed E-state index contributed by atoms with van der Waals surface area (Å²) in [4.78, 5) is 2.65. The van der Waals surface area contributed by atoms with Crippen LogP contribution < -0.4 is 5.32 Å². The number of hydrogen-bond donors (Lipinski definition) is 1. The molecule has 0 fully saturated rings. The van der Waals surface area contributed by atoms with E-state index in [1.54, 1.807) is 0 Å². The molecule has 0 amide bonds. The highest BCUT2D eigenvalue weighted by Gasteiger charge is 1.87. The van der Waals surface area contributed by atoms with E-state index in [1.165, 1.54) is 0 Å². The molecule has 1 rings (SSSR count). The molecule has 0 aliphatic heterocycles. The predicted molar refractivity (Wildman–Crippen MR) is 61.5 cm³/mol. The molecule has 0 spiro atoms. The standard InChI is InChI=1S/C11H12N4/c1-13-11-7-5-10(6-8-11)4-2-3-9-14-15-12/h5-8,13H,3,9H2,1H3. The zero-order valence-corrected chi connectivity index (χ0v) is 8.57. The molecule has 1 aromatic rings. The Morgan fingerprint density at radius 3 is 2.73 bits per heavy atom. The number of anilines is 1. The first-order valence-electron chi connectivity index (χ1n) is 4.64. The van der Waals surface area contributed by atoms with Crippen molar-refractivity contribution in [2.75, 3.05) is 18.9 Å². The summed E-state index contributed by atoms with van der Waals surface area (Å²) in [5.41, 5.74) is 10.1. The van der Waals surface area contributed by atoms with E-state index in [9.17, 15) is 0 Å². The molecule has 1 aromatic carbocycles. The van der Waals surface area contributed by atoms with Gasteiger partial charge in [0.2, 0.25) is 0 Å². The van der Waals surface area contributed by atoms with Crippen LogP contribution in [0, 0.1) is 11.8 Å². The lowest BCUT2D eigenvalue weighted by Gasteiger charge is -1.97. The molecule has 0 unspecified atom stereocenters. The molecule has 0 bridgehead atoms. The van der Waals surface area contributed by atoms with Crippen LogP contribution >= 0.6 is 0 Å². The number of rotatable bonds is 3. The second-order valence-electron chi connectivity index (χ2n) is 2.83. The average Bonchev–Trinajstić information content (AvgIpc) is 2.30. The van der Waals surface area contributed by atoms with Gasteiger partial charge in [-0.25, -0.2) is 0 Å². The van der Waals surface area contributed by atoms with E-state index >= 15 is 0 Å². The van der Waals surface area contributed by atoms with Crippen molar-refractivity contribution >= 4 is 5.69 Å². The summed E-state index contributed by atoms with van der Waals surface area (Å²) in [6, 6.07) is 7.84. The highest BCUT2D eigenvalue weighted by Crippen LogP contribution is 2.07.